The molecule has 1 aromatic rings. The number of aromatic nitrogens is 3. The maximum atomic E-state index is 5.73. The van der Waals surface area contributed by atoms with Gasteiger partial charge in [0.15, 0.2) is 4.77 Å². The van der Waals surface area contributed by atoms with Crippen LogP contribution in [-0.4, -0.2) is 14.8 Å². The molecular formula is C9H16N4S. The molecule has 0 saturated heterocycles. The van der Waals surface area contributed by atoms with Gasteiger partial charge in [-0.25, -0.2) is 5.10 Å². The minimum Gasteiger partial charge on any atom is -0.368 e. The van der Waals surface area contributed by atoms with Crippen molar-refractivity contribution in [1.82, 2.24) is 14.8 Å². The number of rotatable bonds is 4. The molecule has 0 bridgehead atoms. The molecule has 14 heavy (non-hydrogen) atoms. The van der Waals surface area contributed by atoms with E-state index in [2.05, 4.69) is 17.1 Å². The summed E-state index contributed by atoms with van der Waals surface area (Å²) in [7, 11) is 0. The number of nitrogens with one attached hydrogen (secondary N) is 1. The average Bonchev–Trinajstić information content (AvgIpc) is 2.84. The van der Waals surface area contributed by atoms with Crippen molar-refractivity contribution in [2.45, 2.75) is 39.2 Å². The smallest absolute Gasteiger partial charge is 0.220 e. The van der Waals surface area contributed by atoms with Gasteiger partial charge in [-0.15, -0.1) is 5.10 Å². The highest BCUT2D eigenvalue weighted by atomic mass is 32.1. The lowest BCUT2D eigenvalue weighted by atomic mass is 10.0. The lowest BCUT2D eigenvalue weighted by molar-refractivity contribution is 0.388. The van der Waals surface area contributed by atoms with Crippen LogP contribution in [0.5, 0.6) is 0 Å². The van der Waals surface area contributed by atoms with Gasteiger partial charge in [-0.2, -0.15) is 0 Å². The van der Waals surface area contributed by atoms with Gasteiger partial charge in [0.05, 0.1) is 0 Å². The van der Waals surface area contributed by atoms with Crippen molar-refractivity contribution in [3.05, 3.63) is 4.77 Å². The van der Waals surface area contributed by atoms with E-state index in [1.165, 1.54) is 25.7 Å². The highest BCUT2D eigenvalue weighted by Crippen LogP contribution is 2.51. The molecule has 0 atom stereocenters. The number of aromatic amines is 1. The van der Waals surface area contributed by atoms with E-state index in [1.807, 2.05) is 4.57 Å². The summed E-state index contributed by atoms with van der Waals surface area (Å²) in [6, 6.07) is 0. The van der Waals surface area contributed by atoms with E-state index in [0.29, 0.717) is 16.1 Å². The molecular weight excluding hydrogens is 196 g/mol. The quantitative estimate of drug-likeness (QED) is 0.751. The Hall–Kier alpha value is -0.840. The van der Waals surface area contributed by atoms with Crippen LogP contribution >= 0.6 is 12.2 Å². The van der Waals surface area contributed by atoms with E-state index in [0.717, 1.165) is 6.54 Å². The number of anilines is 1. The Balaban J connectivity index is 2.14. The van der Waals surface area contributed by atoms with Crippen LogP contribution in [0.2, 0.25) is 0 Å². The standard InChI is InChI=1S/C9H16N4S/c1-2-3-9(4-5-9)6-13-7(10)11-12-8(13)14/h2-6H2,1H3,(H2,10,11)(H,12,14). The van der Waals surface area contributed by atoms with Gasteiger partial charge in [0.2, 0.25) is 5.95 Å². The second-order valence-electron chi connectivity index (χ2n) is 4.22. The summed E-state index contributed by atoms with van der Waals surface area (Å²) in [5.74, 6) is 0.511. The molecule has 1 aliphatic rings. The van der Waals surface area contributed by atoms with Crippen molar-refractivity contribution in [2.75, 3.05) is 5.73 Å². The molecule has 0 radical (unpaired) electrons. The lowest BCUT2D eigenvalue weighted by Crippen LogP contribution is -2.13. The summed E-state index contributed by atoms with van der Waals surface area (Å²) in [6.07, 6.45) is 5.09. The van der Waals surface area contributed by atoms with Crippen molar-refractivity contribution < 1.29 is 0 Å². The van der Waals surface area contributed by atoms with Gasteiger partial charge in [-0.3, -0.25) is 4.57 Å². The highest BCUT2D eigenvalue weighted by molar-refractivity contribution is 7.71. The zero-order chi connectivity index (χ0) is 10.2. The maximum absolute atomic E-state index is 5.73. The van der Waals surface area contributed by atoms with E-state index in [1.54, 1.807) is 0 Å². The van der Waals surface area contributed by atoms with Crippen molar-refractivity contribution >= 4 is 18.2 Å². The normalized spacial score (nSPS) is 18.4. The average molecular weight is 212 g/mol. The van der Waals surface area contributed by atoms with E-state index < -0.39 is 0 Å². The van der Waals surface area contributed by atoms with Gasteiger partial charge in [0.1, 0.15) is 0 Å². The molecule has 3 N–H and O–H groups in total. The molecule has 0 amide bonds. The Morgan fingerprint density at radius 1 is 1.64 bits per heavy atom. The first-order valence-electron chi connectivity index (χ1n) is 5.07. The van der Waals surface area contributed by atoms with E-state index in [-0.39, 0.29) is 0 Å². The number of hydrogen-bond donors (Lipinski definition) is 2. The summed E-state index contributed by atoms with van der Waals surface area (Å²) in [4.78, 5) is 0. The Morgan fingerprint density at radius 2 is 2.36 bits per heavy atom. The number of H-pyrrole nitrogens is 1. The second kappa shape index (κ2) is 3.38. The van der Waals surface area contributed by atoms with Crippen LogP contribution in [0, 0.1) is 10.2 Å². The minimum absolute atomic E-state index is 0.463. The fraction of sp³-hybridized carbons (Fsp3) is 0.778. The van der Waals surface area contributed by atoms with Gasteiger partial charge in [0, 0.05) is 6.54 Å². The topological polar surface area (TPSA) is 59.6 Å². The SMILES string of the molecule is CCCC1(Cn2c(N)n[nH]c2=S)CC1. The molecule has 0 spiro atoms. The molecule has 1 fully saturated rings. The molecule has 4 nitrogen and oxygen atoms in total. The molecule has 1 aromatic heterocycles. The van der Waals surface area contributed by atoms with Crippen LogP contribution in [-0.2, 0) is 6.54 Å². The third-order valence-corrected chi connectivity index (χ3v) is 3.33. The second-order valence-corrected chi connectivity index (χ2v) is 4.61. The third kappa shape index (κ3) is 1.68. The monoisotopic (exact) mass is 212 g/mol. The van der Waals surface area contributed by atoms with Crippen LogP contribution < -0.4 is 5.73 Å². The Morgan fingerprint density at radius 3 is 2.79 bits per heavy atom. The summed E-state index contributed by atoms with van der Waals surface area (Å²) in [6.45, 7) is 3.15. The van der Waals surface area contributed by atoms with Crippen molar-refractivity contribution in [1.29, 1.82) is 0 Å². The van der Waals surface area contributed by atoms with Gasteiger partial charge < -0.3 is 5.73 Å². The minimum atomic E-state index is 0.463. The predicted octanol–water partition coefficient (Wildman–Crippen LogP) is 2.10. The molecule has 1 saturated carbocycles. The van der Waals surface area contributed by atoms with Crippen LogP contribution in [0.4, 0.5) is 5.95 Å². The lowest BCUT2D eigenvalue weighted by Gasteiger charge is -2.14. The Bertz CT molecular complexity index is 374. The van der Waals surface area contributed by atoms with E-state index in [4.69, 9.17) is 18.0 Å². The molecule has 0 unspecified atom stereocenters. The van der Waals surface area contributed by atoms with E-state index in [9.17, 15) is 0 Å². The molecule has 0 aliphatic heterocycles. The summed E-state index contributed by atoms with van der Waals surface area (Å²) < 4.78 is 2.56. The number of nitrogen functional groups attached to an aromatic ring is 1. The third-order valence-electron chi connectivity index (χ3n) is 3.02. The van der Waals surface area contributed by atoms with Crippen molar-refractivity contribution in [2.24, 2.45) is 5.41 Å². The molecule has 0 aromatic carbocycles. The Kier molecular flexibility index (Phi) is 2.34. The summed E-state index contributed by atoms with van der Waals surface area (Å²) in [5.41, 5.74) is 6.19. The van der Waals surface area contributed by atoms with Crippen LogP contribution in [0.25, 0.3) is 0 Å². The largest absolute Gasteiger partial charge is 0.368 e. The van der Waals surface area contributed by atoms with Crippen LogP contribution in [0.15, 0.2) is 0 Å². The Labute approximate surface area is 88.5 Å². The molecule has 78 valence electrons. The van der Waals surface area contributed by atoms with Crippen LogP contribution in [0.3, 0.4) is 0 Å². The first kappa shape index (κ1) is 9.71. The molecule has 2 rings (SSSR count). The fourth-order valence-corrected chi connectivity index (χ4v) is 2.22. The maximum Gasteiger partial charge on any atom is 0.220 e. The molecule has 1 aliphatic carbocycles. The zero-order valence-electron chi connectivity index (χ0n) is 8.42. The number of nitrogens with zero attached hydrogens (tertiary/aromatic N) is 2. The van der Waals surface area contributed by atoms with Gasteiger partial charge >= 0.3 is 0 Å². The first-order valence-corrected chi connectivity index (χ1v) is 5.48. The van der Waals surface area contributed by atoms with Crippen LogP contribution in [0.1, 0.15) is 32.6 Å². The highest BCUT2D eigenvalue weighted by Gasteiger charge is 2.42. The number of nitrogens with two attached hydrogens (primary N) is 1. The zero-order valence-corrected chi connectivity index (χ0v) is 9.23. The van der Waals surface area contributed by atoms with E-state index >= 15 is 0 Å². The van der Waals surface area contributed by atoms with Crippen molar-refractivity contribution in [3.8, 4) is 0 Å². The summed E-state index contributed by atoms with van der Waals surface area (Å²) >= 11 is 5.12. The number of hydrogen-bond acceptors (Lipinski definition) is 3. The predicted molar refractivity (Wildman–Crippen MR) is 58.4 cm³/mol. The molecule has 1 heterocycles. The van der Waals surface area contributed by atoms with Gasteiger partial charge in [0.25, 0.3) is 0 Å². The fourth-order valence-electron chi connectivity index (χ4n) is 2.01. The molecule has 5 heteroatoms. The first-order chi connectivity index (χ1) is 6.67. The van der Waals surface area contributed by atoms with Gasteiger partial charge in [-0.1, -0.05) is 13.3 Å². The van der Waals surface area contributed by atoms with Crippen molar-refractivity contribution in [3.63, 3.8) is 0 Å². The summed E-state index contributed by atoms with van der Waals surface area (Å²) in [5, 5.41) is 6.63. The van der Waals surface area contributed by atoms with Gasteiger partial charge in [-0.05, 0) is 36.9 Å².